The van der Waals surface area contributed by atoms with Crippen molar-refractivity contribution in [1.29, 1.82) is 0 Å². The van der Waals surface area contributed by atoms with Gasteiger partial charge in [-0.1, -0.05) is 18.2 Å². The van der Waals surface area contributed by atoms with Crippen LogP contribution >= 0.6 is 0 Å². The zero-order valence-corrected chi connectivity index (χ0v) is 19.1. The molecule has 0 saturated carbocycles. The zero-order chi connectivity index (χ0) is 25.4. The van der Waals surface area contributed by atoms with Crippen molar-refractivity contribution in [2.24, 2.45) is 5.10 Å². The average molecular weight is 479 g/mol. The number of methoxy groups -OCH3 is 2. The number of ether oxygens (including phenoxy) is 3. The lowest BCUT2D eigenvalue weighted by Gasteiger charge is -2.11. The standard InChI is InChI=1S/C25H22FN3O6/c1-15(28-29-24(31)23(30)27-20-10-5-4-9-19(20)26)16-11-12-21(22(14-16)34-3)35-25(32)17-7-6-8-18(13-17)33-2/h4-14H,1-3H3,(H,27,30)(H,29,31)/b28-15+. The summed E-state index contributed by atoms with van der Waals surface area (Å²) in [4.78, 5) is 36.5. The summed E-state index contributed by atoms with van der Waals surface area (Å²) >= 11 is 0. The monoisotopic (exact) mass is 479 g/mol. The molecule has 0 aliphatic heterocycles. The Morgan fingerprint density at radius 1 is 0.829 bits per heavy atom. The highest BCUT2D eigenvalue weighted by Crippen LogP contribution is 2.29. The van der Waals surface area contributed by atoms with Crippen molar-refractivity contribution in [3.8, 4) is 17.2 Å². The number of hydrogen-bond donors (Lipinski definition) is 2. The van der Waals surface area contributed by atoms with Crippen LogP contribution in [0.5, 0.6) is 17.2 Å². The summed E-state index contributed by atoms with van der Waals surface area (Å²) in [5.74, 6) is -2.51. The molecule has 0 atom stereocenters. The summed E-state index contributed by atoms with van der Waals surface area (Å²) < 4.78 is 29.5. The fourth-order valence-electron chi connectivity index (χ4n) is 2.88. The highest BCUT2D eigenvalue weighted by Gasteiger charge is 2.17. The highest BCUT2D eigenvalue weighted by atomic mass is 19.1. The van der Waals surface area contributed by atoms with E-state index in [0.29, 0.717) is 22.6 Å². The number of nitrogens with zero attached hydrogens (tertiary/aromatic N) is 1. The van der Waals surface area contributed by atoms with Crippen LogP contribution in [0.15, 0.2) is 71.8 Å². The Kier molecular flexibility index (Phi) is 8.12. The first-order valence-corrected chi connectivity index (χ1v) is 10.3. The number of hydrazone groups is 1. The molecule has 10 heteroatoms. The van der Waals surface area contributed by atoms with Crippen molar-refractivity contribution >= 4 is 29.2 Å². The number of amides is 2. The number of carbonyl (C=O) groups excluding carboxylic acids is 3. The number of anilines is 1. The van der Waals surface area contributed by atoms with Crippen LogP contribution in [0, 0.1) is 5.82 Å². The molecule has 2 N–H and O–H groups in total. The second kappa shape index (κ2) is 11.4. The van der Waals surface area contributed by atoms with Gasteiger partial charge in [-0.3, -0.25) is 9.59 Å². The molecule has 0 unspecified atom stereocenters. The first-order chi connectivity index (χ1) is 16.8. The predicted molar refractivity (Wildman–Crippen MR) is 126 cm³/mol. The molecule has 9 nitrogen and oxygen atoms in total. The third-order valence-corrected chi connectivity index (χ3v) is 4.74. The van der Waals surface area contributed by atoms with Crippen molar-refractivity contribution in [3.63, 3.8) is 0 Å². The number of rotatable bonds is 7. The molecule has 0 spiro atoms. The second-order valence-corrected chi connectivity index (χ2v) is 7.06. The van der Waals surface area contributed by atoms with Gasteiger partial charge in [0.05, 0.1) is 31.2 Å². The SMILES string of the molecule is COc1cccc(C(=O)Oc2ccc(/C(C)=N/NC(=O)C(=O)Nc3ccccc3F)cc2OC)c1. The molecule has 2 amide bonds. The van der Waals surface area contributed by atoms with Gasteiger partial charge in [-0.25, -0.2) is 14.6 Å². The van der Waals surface area contributed by atoms with Crippen LogP contribution in [0.2, 0.25) is 0 Å². The van der Waals surface area contributed by atoms with Crippen molar-refractivity contribution in [1.82, 2.24) is 5.43 Å². The van der Waals surface area contributed by atoms with Gasteiger partial charge >= 0.3 is 17.8 Å². The van der Waals surface area contributed by atoms with Crippen LogP contribution in [0.1, 0.15) is 22.8 Å². The maximum Gasteiger partial charge on any atom is 0.343 e. The number of esters is 1. The molecule has 0 heterocycles. The summed E-state index contributed by atoms with van der Waals surface area (Å²) in [6.45, 7) is 1.59. The lowest BCUT2D eigenvalue weighted by atomic mass is 10.1. The zero-order valence-electron chi connectivity index (χ0n) is 19.1. The van der Waals surface area contributed by atoms with E-state index >= 15 is 0 Å². The van der Waals surface area contributed by atoms with Crippen LogP contribution in [0.4, 0.5) is 10.1 Å². The Labute approximate surface area is 200 Å². The molecule has 0 bridgehead atoms. The van der Waals surface area contributed by atoms with Gasteiger partial charge in [0.2, 0.25) is 0 Å². The van der Waals surface area contributed by atoms with Gasteiger partial charge in [-0.2, -0.15) is 5.10 Å². The Morgan fingerprint density at radius 2 is 1.60 bits per heavy atom. The maximum absolute atomic E-state index is 13.6. The second-order valence-electron chi connectivity index (χ2n) is 7.06. The molecular weight excluding hydrogens is 457 g/mol. The van der Waals surface area contributed by atoms with E-state index in [4.69, 9.17) is 14.2 Å². The minimum atomic E-state index is -1.08. The third-order valence-electron chi connectivity index (χ3n) is 4.74. The first kappa shape index (κ1) is 24.9. The molecule has 0 aromatic heterocycles. The number of nitrogens with one attached hydrogen (secondary N) is 2. The number of hydrogen-bond acceptors (Lipinski definition) is 7. The first-order valence-electron chi connectivity index (χ1n) is 10.3. The summed E-state index contributed by atoms with van der Waals surface area (Å²) in [5, 5.41) is 6.06. The smallest absolute Gasteiger partial charge is 0.343 e. The Balaban J connectivity index is 1.68. The molecule has 0 radical (unpaired) electrons. The van der Waals surface area contributed by atoms with Crippen LogP contribution < -0.4 is 25.0 Å². The van der Waals surface area contributed by atoms with Gasteiger partial charge in [-0.05, 0) is 55.5 Å². The number of carbonyl (C=O) groups is 3. The van der Waals surface area contributed by atoms with Crippen molar-refractivity contribution in [3.05, 3.63) is 83.7 Å². The van der Waals surface area contributed by atoms with E-state index in [1.54, 1.807) is 43.3 Å². The van der Waals surface area contributed by atoms with Crippen LogP contribution in [0.3, 0.4) is 0 Å². The van der Waals surface area contributed by atoms with E-state index in [2.05, 4.69) is 15.8 Å². The number of halogens is 1. The van der Waals surface area contributed by atoms with E-state index in [9.17, 15) is 18.8 Å². The number of para-hydroxylation sites is 1. The normalized spacial score (nSPS) is 10.8. The molecule has 0 fully saturated rings. The van der Waals surface area contributed by atoms with Crippen molar-refractivity contribution < 1.29 is 33.0 Å². The minimum Gasteiger partial charge on any atom is -0.497 e. The Bertz CT molecular complexity index is 1290. The topological polar surface area (TPSA) is 115 Å². The summed E-state index contributed by atoms with van der Waals surface area (Å²) in [5.41, 5.74) is 3.14. The van der Waals surface area contributed by atoms with Gasteiger partial charge < -0.3 is 19.5 Å². The average Bonchev–Trinajstić information content (AvgIpc) is 2.88. The largest absolute Gasteiger partial charge is 0.497 e. The molecule has 0 aliphatic carbocycles. The molecule has 35 heavy (non-hydrogen) atoms. The van der Waals surface area contributed by atoms with Gasteiger partial charge in [0.25, 0.3) is 0 Å². The summed E-state index contributed by atoms with van der Waals surface area (Å²) in [6.07, 6.45) is 0. The summed E-state index contributed by atoms with van der Waals surface area (Å²) in [6, 6.07) is 16.6. The fourth-order valence-corrected chi connectivity index (χ4v) is 2.88. The van der Waals surface area contributed by atoms with Crippen molar-refractivity contribution in [2.75, 3.05) is 19.5 Å². The fraction of sp³-hybridized carbons (Fsp3) is 0.120. The molecule has 3 aromatic rings. The lowest BCUT2D eigenvalue weighted by molar-refractivity contribution is -0.136. The molecule has 0 saturated heterocycles. The van der Waals surface area contributed by atoms with Crippen molar-refractivity contribution in [2.45, 2.75) is 6.92 Å². The number of benzene rings is 3. The predicted octanol–water partition coefficient (Wildman–Crippen LogP) is 3.54. The van der Waals surface area contributed by atoms with Crippen LogP contribution in [-0.2, 0) is 9.59 Å². The third kappa shape index (κ3) is 6.41. The van der Waals surface area contributed by atoms with E-state index in [0.717, 1.165) is 6.07 Å². The highest BCUT2D eigenvalue weighted by molar-refractivity contribution is 6.39. The van der Waals surface area contributed by atoms with E-state index in [1.165, 1.54) is 38.5 Å². The summed E-state index contributed by atoms with van der Waals surface area (Å²) in [7, 11) is 2.90. The van der Waals surface area contributed by atoms with E-state index < -0.39 is 23.6 Å². The van der Waals surface area contributed by atoms with Gasteiger partial charge in [-0.15, -0.1) is 0 Å². The van der Waals surface area contributed by atoms with Crippen LogP contribution in [-0.4, -0.2) is 37.7 Å². The minimum absolute atomic E-state index is 0.128. The Morgan fingerprint density at radius 3 is 2.31 bits per heavy atom. The van der Waals surface area contributed by atoms with Gasteiger partial charge in [0.15, 0.2) is 11.5 Å². The molecule has 3 rings (SSSR count). The Hall–Kier alpha value is -4.73. The quantitative estimate of drug-likeness (QED) is 0.176. The molecular formula is C25H22FN3O6. The van der Waals surface area contributed by atoms with Gasteiger partial charge in [0.1, 0.15) is 11.6 Å². The van der Waals surface area contributed by atoms with E-state index in [1.807, 2.05) is 0 Å². The molecule has 3 aromatic carbocycles. The maximum atomic E-state index is 13.6. The lowest BCUT2D eigenvalue weighted by Crippen LogP contribution is -2.33. The van der Waals surface area contributed by atoms with Crippen LogP contribution in [0.25, 0.3) is 0 Å². The van der Waals surface area contributed by atoms with Gasteiger partial charge in [0, 0.05) is 5.56 Å². The molecule has 0 aliphatic rings. The van der Waals surface area contributed by atoms with E-state index in [-0.39, 0.29) is 17.2 Å². The molecule has 180 valence electrons.